The van der Waals surface area contributed by atoms with Gasteiger partial charge in [0.05, 0.1) is 6.54 Å². The Labute approximate surface area is 158 Å². The molecule has 0 radical (unpaired) electrons. The lowest BCUT2D eigenvalue weighted by atomic mass is 10.1. The third-order valence-electron chi connectivity index (χ3n) is 3.98. The summed E-state index contributed by atoms with van der Waals surface area (Å²) >= 11 is 6.08. The minimum Gasteiger partial charge on any atom is -0.385 e. The third kappa shape index (κ3) is 5.14. The molecule has 26 heavy (non-hydrogen) atoms. The van der Waals surface area contributed by atoms with E-state index in [0.717, 1.165) is 47.1 Å². The SMILES string of the molecule is COCCCNCc1nn(Cc2cccc(Cl)c2)nc1-c1ccccc1. The first-order valence-corrected chi connectivity index (χ1v) is 9.07. The summed E-state index contributed by atoms with van der Waals surface area (Å²) in [5, 5.41) is 13.6. The van der Waals surface area contributed by atoms with Gasteiger partial charge in [-0.1, -0.05) is 54.1 Å². The van der Waals surface area contributed by atoms with Crippen LogP contribution in [0.25, 0.3) is 11.3 Å². The maximum atomic E-state index is 6.08. The van der Waals surface area contributed by atoms with Crippen molar-refractivity contribution in [3.8, 4) is 11.3 Å². The van der Waals surface area contributed by atoms with E-state index in [1.807, 2.05) is 42.5 Å². The minimum atomic E-state index is 0.587. The summed E-state index contributed by atoms with van der Waals surface area (Å²) in [5.41, 5.74) is 3.99. The van der Waals surface area contributed by atoms with E-state index in [1.54, 1.807) is 11.9 Å². The quantitative estimate of drug-likeness (QED) is 0.582. The summed E-state index contributed by atoms with van der Waals surface area (Å²) in [6.07, 6.45) is 0.966. The van der Waals surface area contributed by atoms with Crippen molar-refractivity contribution in [2.75, 3.05) is 20.3 Å². The van der Waals surface area contributed by atoms with Crippen LogP contribution in [0.5, 0.6) is 0 Å². The molecule has 0 saturated carbocycles. The van der Waals surface area contributed by atoms with Crippen LogP contribution in [0.15, 0.2) is 54.6 Å². The smallest absolute Gasteiger partial charge is 0.117 e. The number of nitrogens with zero attached hydrogens (tertiary/aromatic N) is 3. The van der Waals surface area contributed by atoms with Gasteiger partial charge < -0.3 is 10.1 Å². The molecule has 5 nitrogen and oxygen atoms in total. The molecule has 1 heterocycles. The summed E-state index contributed by atoms with van der Waals surface area (Å²) in [7, 11) is 1.72. The van der Waals surface area contributed by atoms with E-state index in [1.165, 1.54) is 0 Å². The molecule has 0 aliphatic heterocycles. The lowest BCUT2D eigenvalue weighted by Crippen LogP contribution is -2.17. The molecular weight excluding hydrogens is 348 g/mol. The van der Waals surface area contributed by atoms with Crippen LogP contribution < -0.4 is 5.32 Å². The van der Waals surface area contributed by atoms with E-state index in [0.29, 0.717) is 13.1 Å². The van der Waals surface area contributed by atoms with E-state index >= 15 is 0 Å². The first kappa shape index (κ1) is 18.6. The number of hydrogen-bond acceptors (Lipinski definition) is 4. The first-order valence-electron chi connectivity index (χ1n) is 8.70. The molecule has 0 unspecified atom stereocenters. The second-order valence-corrected chi connectivity index (χ2v) is 6.48. The largest absolute Gasteiger partial charge is 0.385 e. The van der Waals surface area contributed by atoms with Crippen molar-refractivity contribution in [1.82, 2.24) is 20.3 Å². The summed E-state index contributed by atoms with van der Waals surface area (Å²) in [4.78, 5) is 1.74. The highest BCUT2D eigenvalue weighted by Crippen LogP contribution is 2.20. The van der Waals surface area contributed by atoms with Gasteiger partial charge in [0.25, 0.3) is 0 Å². The van der Waals surface area contributed by atoms with Crippen molar-refractivity contribution in [2.45, 2.75) is 19.5 Å². The molecule has 1 N–H and O–H groups in total. The standard InChI is InChI=1S/C20H23ClN4O/c1-26-12-6-11-22-14-19-20(17-8-3-2-4-9-17)24-25(23-19)15-16-7-5-10-18(21)13-16/h2-5,7-10,13,22H,6,11-12,14-15H2,1H3. The fraction of sp³-hybridized carbons (Fsp3) is 0.300. The number of aromatic nitrogens is 3. The van der Waals surface area contributed by atoms with Crippen LogP contribution >= 0.6 is 11.6 Å². The van der Waals surface area contributed by atoms with Crippen LogP contribution in [0, 0.1) is 0 Å². The number of halogens is 1. The van der Waals surface area contributed by atoms with Crippen molar-refractivity contribution in [1.29, 1.82) is 0 Å². The molecule has 0 aliphatic carbocycles. The number of hydrogen-bond donors (Lipinski definition) is 1. The van der Waals surface area contributed by atoms with E-state index in [-0.39, 0.29) is 0 Å². The molecule has 136 valence electrons. The summed E-state index contributed by atoms with van der Waals surface area (Å²) in [5.74, 6) is 0. The molecule has 0 atom stereocenters. The van der Waals surface area contributed by atoms with Crippen LogP contribution in [0.4, 0.5) is 0 Å². The van der Waals surface area contributed by atoms with Crippen molar-refractivity contribution >= 4 is 11.6 Å². The van der Waals surface area contributed by atoms with E-state index in [4.69, 9.17) is 26.5 Å². The maximum Gasteiger partial charge on any atom is 0.117 e. The number of benzene rings is 2. The van der Waals surface area contributed by atoms with Crippen molar-refractivity contribution in [3.63, 3.8) is 0 Å². The predicted octanol–water partition coefficient (Wildman–Crippen LogP) is 3.77. The normalized spacial score (nSPS) is 11.0. The molecule has 2 aromatic carbocycles. The second kappa shape index (κ2) is 9.48. The topological polar surface area (TPSA) is 52.0 Å². The van der Waals surface area contributed by atoms with Gasteiger partial charge in [-0.15, -0.1) is 0 Å². The zero-order chi connectivity index (χ0) is 18.2. The molecule has 0 saturated heterocycles. The van der Waals surface area contributed by atoms with Crippen LogP contribution in [0.2, 0.25) is 5.02 Å². The Morgan fingerprint density at radius 2 is 1.92 bits per heavy atom. The minimum absolute atomic E-state index is 0.587. The molecule has 0 spiro atoms. The summed E-state index contributed by atoms with van der Waals surface area (Å²) < 4.78 is 5.08. The Morgan fingerprint density at radius 1 is 1.08 bits per heavy atom. The van der Waals surface area contributed by atoms with Gasteiger partial charge in [0, 0.05) is 30.8 Å². The first-order chi connectivity index (χ1) is 12.8. The highest BCUT2D eigenvalue weighted by molar-refractivity contribution is 6.30. The number of methoxy groups -OCH3 is 1. The molecule has 3 aromatic rings. The summed E-state index contributed by atoms with van der Waals surface area (Å²) in [6.45, 7) is 2.89. The van der Waals surface area contributed by atoms with Crippen LogP contribution in [-0.2, 0) is 17.8 Å². The molecule has 1 aromatic heterocycles. The molecule has 0 fully saturated rings. The highest BCUT2D eigenvalue weighted by atomic mass is 35.5. The van der Waals surface area contributed by atoms with Crippen molar-refractivity contribution in [3.05, 3.63) is 70.9 Å². The fourth-order valence-electron chi connectivity index (χ4n) is 2.74. The van der Waals surface area contributed by atoms with Gasteiger partial charge in [0.2, 0.25) is 0 Å². The molecular formula is C20H23ClN4O. The molecule has 0 bridgehead atoms. The predicted molar refractivity (Wildman–Crippen MR) is 104 cm³/mol. The third-order valence-corrected chi connectivity index (χ3v) is 4.21. The average molecular weight is 371 g/mol. The molecule has 6 heteroatoms. The summed E-state index contributed by atoms with van der Waals surface area (Å²) in [6, 6.07) is 17.9. The zero-order valence-electron chi connectivity index (χ0n) is 14.9. The molecule has 3 rings (SSSR count). The van der Waals surface area contributed by atoms with Crippen LogP contribution in [-0.4, -0.2) is 35.3 Å². The van der Waals surface area contributed by atoms with Gasteiger partial charge in [-0.3, -0.25) is 0 Å². The van der Waals surface area contributed by atoms with Gasteiger partial charge >= 0.3 is 0 Å². The maximum absolute atomic E-state index is 6.08. The lowest BCUT2D eigenvalue weighted by Gasteiger charge is -2.03. The zero-order valence-corrected chi connectivity index (χ0v) is 15.6. The van der Waals surface area contributed by atoms with Crippen molar-refractivity contribution in [2.24, 2.45) is 0 Å². The Morgan fingerprint density at radius 3 is 2.69 bits per heavy atom. The number of nitrogens with one attached hydrogen (secondary N) is 1. The van der Waals surface area contributed by atoms with E-state index in [9.17, 15) is 0 Å². The second-order valence-electron chi connectivity index (χ2n) is 6.04. The van der Waals surface area contributed by atoms with Crippen molar-refractivity contribution < 1.29 is 4.74 Å². The van der Waals surface area contributed by atoms with E-state index < -0.39 is 0 Å². The highest BCUT2D eigenvalue weighted by Gasteiger charge is 2.13. The van der Waals surface area contributed by atoms with Gasteiger partial charge in [-0.05, 0) is 30.7 Å². The molecule has 0 aliphatic rings. The Hall–Kier alpha value is -2.21. The van der Waals surface area contributed by atoms with Gasteiger partial charge in [0.1, 0.15) is 11.4 Å². The van der Waals surface area contributed by atoms with Gasteiger partial charge in [-0.2, -0.15) is 15.0 Å². The lowest BCUT2D eigenvalue weighted by molar-refractivity contribution is 0.194. The monoisotopic (exact) mass is 370 g/mol. The fourth-order valence-corrected chi connectivity index (χ4v) is 2.95. The van der Waals surface area contributed by atoms with Gasteiger partial charge in [-0.25, -0.2) is 0 Å². The van der Waals surface area contributed by atoms with Crippen LogP contribution in [0.3, 0.4) is 0 Å². The van der Waals surface area contributed by atoms with Crippen LogP contribution in [0.1, 0.15) is 17.7 Å². The number of rotatable bonds is 9. The Kier molecular flexibility index (Phi) is 6.77. The average Bonchev–Trinajstić information content (AvgIpc) is 3.05. The Balaban J connectivity index is 1.78. The Bertz CT molecular complexity index is 820. The van der Waals surface area contributed by atoms with E-state index in [2.05, 4.69) is 17.4 Å². The van der Waals surface area contributed by atoms with Gasteiger partial charge in [0.15, 0.2) is 0 Å². The molecule has 0 amide bonds. The number of ether oxygens (including phenoxy) is 1.